The minimum atomic E-state index is -3.11. The zero-order valence-corrected chi connectivity index (χ0v) is 15.0. The van der Waals surface area contributed by atoms with Gasteiger partial charge in [-0.05, 0) is 6.42 Å². The molecule has 0 radical (unpaired) electrons. The number of aliphatic imine (C=N–C) groups is 1. The zero-order valence-electron chi connectivity index (χ0n) is 14.2. The molecule has 0 bridgehead atoms. The van der Waals surface area contributed by atoms with Gasteiger partial charge in [0.1, 0.15) is 6.26 Å². The molecule has 1 aliphatic rings. The maximum Gasteiger partial charge on any atom is 0.208 e. The van der Waals surface area contributed by atoms with Crippen molar-refractivity contribution in [1.29, 1.82) is 0 Å². The van der Waals surface area contributed by atoms with Crippen LogP contribution in [0.2, 0.25) is 0 Å². The molecule has 1 saturated heterocycles. The van der Waals surface area contributed by atoms with Crippen molar-refractivity contribution in [2.45, 2.75) is 13.0 Å². The third-order valence-corrected chi connectivity index (χ3v) is 4.49. The molecule has 24 heavy (non-hydrogen) atoms. The zero-order chi connectivity index (χ0) is 17.4. The molecular weight excluding hydrogens is 332 g/mol. The first kappa shape index (κ1) is 18.7. The molecule has 1 aromatic rings. The van der Waals surface area contributed by atoms with Crippen molar-refractivity contribution < 1.29 is 12.9 Å². The first-order chi connectivity index (χ1) is 11.5. The van der Waals surface area contributed by atoms with Gasteiger partial charge in [0.2, 0.25) is 10.0 Å². The number of nitrogens with zero attached hydrogens (tertiary/aromatic N) is 4. The number of aromatic nitrogens is 1. The summed E-state index contributed by atoms with van der Waals surface area (Å²) in [6, 6.07) is 1.89. The Morgan fingerprint density at radius 1 is 1.33 bits per heavy atom. The molecular formula is C14H26N6O3S. The average molecular weight is 358 g/mol. The van der Waals surface area contributed by atoms with E-state index in [9.17, 15) is 8.42 Å². The minimum absolute atomic E-state index is 0.425. The van der Waals surface area contributed by atoms with Gasteiger partial charge < -0.3 is 14.7 Å². The largest absolute Gasteiger partial charge is 0.364 e. The summed E-state index contributed by atoms with van der Waals surface area (Å²) in [5.74, 6) is 0.857. The van der Waals surface area contributed by atoms with Crippen molar-refractivity contribution in [3.63, 3.8) is 0 Å². The van der Waals surface area contributed by atoms with E-state index >= 15 is 0 Å². The van der Waals surface area contributed by atoms with E-state index < -0.39 is 10.0 Å². The van der Waals surface area contributed by atoms with Crippen LogP contribution in [-0.2, 0) is 16.6 Å². The minimum Gasteiger partial charge on any atom is -0.364 e. The fraction of sp³-hybridized carbons (Fsp3) is 0.714. The molecule has 0 spiro atoms. The second-order valence-corrected chi connectivity index (χ2v) is 7.58. The topological polar surface area (TPSA) is 103 Å². The van der Waals surface area contributed by atoms with E-state index in [0.717, 1.165) is 50.6 Å². The molecule has 1 fully saturated rings. The lowest BCUT2D eigenvalue weighted by molar-refractivity contribution is 0.169. The van der Waals surface area contributed by atoms with Crippen molar-refractivity contribution in [3.05, 3.63) is 18.0 Å². The highest BCUT2D eigenvalue weighted by atomic mass is 32.2. The van der Waals surface area contributed by atoms with Crippen LogP contribution in [0.4, 0.5) is 0 Å². The highest BCUT2D eigenvalue weighted by Crippen LogP contribution is 2.07. The van der Waals surface area contributed by atoms with E-state index in [0.29, 0.717) is 19.5 Å². The molecule has 2 rings (SSSR count). The van der Waals surface area contributed by atoms with Gasteiger partial charge >= 0.3 is 0 Å². The molecule has 1 aromatic heterocycles. The summed E-state index contributed by atoms with van der Waals surface area (Å²) in [5.41, 5.74) is 0.948. The Labute approximate surface area is 143 Å². The van der Waals surface area contributed by atoms with Crippen molar-refractivity contribution in [2.75, 3.05) is 52.6 Å². The monoisotopic (exact) mass is 358 g/mol. The average Bonchev–Trinajstić information content (AvgIpc) is 3.04. The van der Waals surface area contributed by atoms with E-state index in [1.165, 1.54) is 0 Å². The van der Waals surface area contributed by atoms with Gasteiger partial charge in [-0.15, -0.1) is 0 Å². The van der Waals surface area contributed by atoms with Crippen LogP contribution in [0.5, 0.6) is 0 Å². The second-order valence-electron chi connectivity index (χ2n) is 5.75. The summed E-state index contributed by atoms with van der Waals surface area (Å²) in [4.78, 5) is 8.85. The number of sulfonamides is 1. The Morgan fingerprint density at radius 3 is 2.67 bits per heavy atom. The molecule has 10 heteroatoms. The molecule has 0 saturated carbocycles. The summed E-state index contributed by atoms with van der Waals surface area (Å²) in [7, 11) is -1.35. The summed E-state index contributed by atoms with van der Waals surface area (Å²) in [5, 5.41) is 7.22. The third-order valence-electron chi connectivity index (χ3n) is 3.76. The first-order valence-corrected chi connectivity index (χ1v) is 9.89. The van der Waals surface area contributed by atoms with Crippen molar-refractivity contribution >= 4 is 16.0 Å². The Hall–Kier alpha value is -1.65. The van der Waals surface area contributed by atoms with Gasteiger partial charge in [-0.2, -0.15) is 0 Å². The van der Waals surface area contributed by atoms with Gasteiger partial charge in [-0.3, -0.25) is 9.89 Å². The van der Waals surface area contributed by atoms with E-state index in [-0.39, 0.29) is 0 Å². The molecule has 0 atom stereocenters. The van der Waals surface area contributed by atoms with Crippen LogP contribution in [0.15, 0.2) is 21.8 Å². The summed E-state index contributed by atoms with van der Waals surface area (Å²) < 4.78 is 29.3. The molecule has 0 amide bonds. The molecule has 2 N–H and O–H groups in total. The van der Waals surface area contributed by atoms with Crippen LogP contribution >= 0.6 is 0 Å². The van der Waals surface area contributed by atoms with Gasteiger partial charge in [-0.1, -0.05) is 5.16 Å². The van der Waals surface area contributed by atoms with Gasteiger partial charge in [0.05, 0.1) is 11.9 Å². The van der Waals surface area contributed by atoms with Crippen LogP contribution in [0.3, 0.4) is 0 Å². The molecule has 9 nitrogen and oxygen atoms in total. The van der Waals surface area contributed by atoms with Crippen molar-refractivity contribution in [1.82, 2.24) is 25.0 Å². The van der Waals surface area contributed by atoms with E-state index in [1.807, 2.05) is 6.07 Å². The fourth-order valence-corrected chi connectivity index (χ4v) is 3.06. The second kappa shape index (κ2) is 9.00. The highest BCUT2D eigenvalue weighted by Gasteiger charge is 2.20. The number of hydrogen-bond donors (Lipinski definition) is 2. The van der Waals surface area contributed by atoms with Gasteiger partial charge in [-0.25, -0.2) is 13.1 Å². The normalized spacial score (nSPS) is 17.2. The van der Waals surface area contributed by atoms with Gasteiger partial charge in [0, 0.05) is 58.9 Å². The maximum atomic E-state index is 11.0. The van der Waals surface area contributed by atoms with Crippen LogP contribution in [-0.4, -0.2) is 81.9 Å². The standard InChI is InChI=1S/C14H26N6O3S/c1-15-14(16-5-3-6-17-24(2,21)22)20-9-7-19(8-10-20)12-13-4-11-23-18-13/h4,11,17H,3,5-10,12H2,1-2H3,(H,15,16). The van der Waals surface area contributed by atoms with Crippen LogP contribution < -0.4 is 10.0 Å². The Balaban J connectivity index is 1.67. The van der Waals surface area contributed by atoms with Crippen LogP contribution in [0, 0.1) is 0 Å². The quantitative estimate of drug-likeness (QED) is 0.378. The molecule has 1 aliphatic heterocycles. The number of rotatable bonds is 7. The first-order valence-electron chi connectivity index (χ1n) is 8.00. The summed E-state index contributed by atoms with van der Waals surface area (Å²) in [6.07, 6.45) is 3.46. The predicted octanol–water partition coefficient (Wildman–Crippen LogP) is -0.693. The Kier molecular flexibility index (Phi) is 7.00. The molecule has 2 heterocycles. The van der Waals surface area contributed by atoms with Crippen molar-refractivity contribution in [3.8, 4) is 0 Å². The lowest BCUT2D eigenvalue weighted by Gasteiger charge is -2.36. The lowest BCUT2D eigenvalue weighted by atomic mass is 10.3. The number of guanidine groups is 1. The Bertz CT molecular complexity index is 608. The van der Waals surface area contributed by atoms with Gasteiger partial charge in [0.25, 0.3) is 0 Å². The highest BCUT2D eigenvalue weighted by molar-refractivity contribution is 7.88. The van der Waals surface area contributed by atoms with Crippen LogP contribution in [0.25, 0.3) is 0 Å². The lowest BCUT2D eigenvalue weighted by Crippen LogP contribution is -2.52. The van der Waals surface area contributed by atoms with Crippen LogP contribution in [0.1, 0.15) is 12.1 Å². The number of hydrogen-bond acceptors (Lipinski definition) is 6. The van der Waals surface area contributed by atoms with Crippen molar-refractivity contribution in [2.24, 2.45) is 4.99 Å². The number of nitrogens with one attached hydrogen (secondary N) is 2. The molecule has 0 aliphatic carbocycles. The Morgan fingerprint density at radius 2 is 2.08 bits per heavy atom. The third kappa shape index (κ3) is 6.46. The molecule has 0 unspecified atom stereocenters. The molecule has 0 aromatic carbocycles. The predicted molar refractivity (Wildman–Crippen MR) is 92.2 cm³/mol. The van der Waals surface area contributed by atoms with E-state index in [1.54, 1.807) is 13.3 Å². The SMILES string of the molecule is CN=C(NCCCNS(C)(=O)=O)N1CCN(Cc2ccon2)CC1. The summed E-state index contributed by atoms with van der Waals surface area (Å²) >= 11 is 0. The molecule has 136 valence electrons. The fourth-order valence-electron chi connectivity index (χ4n) is 2.54. The summed E-state index contributed by atoms with van der Waals surface area (Å²) in [6.45, 7) is 5.54. The number of piperazine rings is 1. The van der Waals surface area contributed by atoms with E-state index in [2.05, 4.69) is 30.0 Å². The smallest absolute Gasteiger partial charge is 0.208 e. The van der Waals surface area contributed by atoms with E-state index in [4.69, 9.17) is 4.52 Å². The maximum absolute atomic E-state index is 11.0. The van der Waals surface area contributed by atoms with Gasteiger partial charge in [0.15, 0.2) is 5.96 Å².